The van der Waals surface area contributed by atoms with Gasteiger partial charge >= 0.3 is 0 Å². The molecule has 0 heterocycles. The summed E-state index contributed by atoms with van der Waals surface area (Å²) in [5, 5.41) is 14.5. The summed E-state index contributed by atoms with van der Waals surface area (Å²) < 4.78 is 6.52. The van der Waals surface area contributed by atoms with Crippen LogP contribution in [0, 0.1) is 10.1 Å². The van der Waals surface area contributed by atoms with Crippen LogP contribution in [-0.2, 0) is 4.79 Å². The maximum atomic E-state index is 11.9. The second-order valence-electron chi connectivity index (χ2n) is 5.77. The number of carbonyl (C=O) groups is 1. The van der Waals surface area contributed by atoms with E-state index in [1.165, 1.54) is 18.3 Å². The number of nitrogens with zero attached hydrogens (tertiary/aromatic N) is 2. The third-order valence-electron chi connectivity index (χ3n) is 3.44. The first-order valence-corrected chi connectivity index (χ1v) is 8.64. The molecule has 0 spiro atoms. The Hall–Kier alpha value is -2.74. The molecule has 8 heteroatoms. The highest BCUT2D eigenvalue weighted by molar-refractivity contribution is 9.10. The molecular formula is C18H18BrN3O4. The van der Waals surface area contributed by atoms with Crippen LogP contribution in [-0.4, -0.2) is 23.7 Å². The Kier molecular flexibility index (Phi) is 6.85. The number of benzene rings is 2. The highest BCUT2D eigenvalue weighted by Gasteiger charge is 2.10. The fourth-order valence-electron chi connectivity index (χ4n) is 2.17. The maximum absolute atomic E-state index is 11.9. The van der Waals surface area contributed by atoms with E-state index in [0.29, 0.717) is 11.3 Å². The van der Waals surface area contributed by atoms with Gasteiger partial charge in [-0.2, -0.15) is 5.10 Å². The summed E-state index contributed by atoms with van der Waals surface area (Å²) in [6.07, 6.45) is 1.34. The zero-order valence-electron chi connectivity index (χ0n) is 14.3. The molecule has 0 atom stereocenters. The number of halogens is 1. The number of nitro benzene ring substituents is 1. The van der Waals surface area contributed by atoms with Crippen LogP contribution < -0.4 is 10.2 Å². The molecule has 0 aliphatic carbocycles. The van der Waals surface area contributed by atoms with Crippen molar-refractivity contribution in [1.29, 1.82) is 0 Å². The standard InChI is InChI=1S/C18H18BrN3O4/c1-12(2)16-9-14(19)6-7-17(16)26-11-18(23)21-20-10-13-4-3-5-15(8-13)22(24)25/h3-10,12H,11H2,1-2H3,(H,21,23)/b20-10+. The zero-order chi connectivity index (χ0) is 19.1. The minimum Gasteiger partial charge on any atom is -0.483 e. The van der Waals surface area contributed by atoms with Crippen LogP contribution in [0.3, 0.4) is 0 Å². The van der Waals surface area contributed by atoms with Gasteiger partial charge in [0.15, 0.2) is 6.61 Å². The van der Waals surface area contributed by atoms with Gasteiger partial charge in [0.25, 0.3) is 11.6 Å². The fourth-order valence-corrected chi connectivity index (χ4v) is 2.55. The van der Waals surface area contributed by atoms with Crippen molar-refractivity contribution in [2.75, 3.05) is 6.61 Å². The number of amides is 1. The number of carbonyl (C=O) groups excluding carboxylic acids is 1. The monoisotopic (exact) mass is 419 g/mol. The Labute approximate surface area is 159 Å². The van der Waals surface area contributed by atoms with Crippen LogP contribution in [0.25, 0.3) is 0 Å². The van der Waals surface area contributed by atoms with Crippen molar-refractivity contribution in [3.05, 3.63) is 68.2 Å². The number of rotatable bonds is 7. The topological polar surface area (TPSA) is 93.8 Å². The van der Waals surface area contributed by atoms with Crippen molar-refractivity contribution in [3.8, 4) is 5.75 Å². The Morgan fingerprint density at radius 1 is 1.35 bits per heavy atom. The second kappa shape index (κ2) is 9.10. The van der Waals surface area contributed by atoms with E-state index in [-0.39, 0.29) is 18.2 Å². The first-order chi connectivity index (χ1) is 12.4. The molecule has 0 saturated carbocycles. The molecule has 7 nitrogen and oxygen atoms in total. The van der Waals surface area contributed by atoms with Gasteiger partial charge in [0.2, 0.25) is 0 Å². The minimum absolute atomic E-state index is 0.0416. The molecule has 2 rings (SSSR count). The van der Waals surface area contributed by atoms with Crippen LogP contribution in [0.15, 0.2) is 52.0 Å². The van der Waals surface area contributed by atoms with Crippen molar-refractivity contribution in [3.63, 3.8) is 0 Å². The molecular weight excluding hydrogens is 402 g/mol. The lowest BCUT2D eigenvalue weighted by Gasteiger charge is -2.13. The van der Waals surface area contributed by atoms with Gasteiger partial charge in [0, 0.05) is 22.2 Å². The van der Waals surface area contributed by atoms with E-state index < -0.39 is 10.8 Å². The molecule has 0 saturated heterocycles. The smallest absolute Gasteiger partial charge is 0.277 e. The first kappa shape index (κ1) is 19.6. The molecule has 1 amide bonds. The van der Waals surface area contributed by atoms with E-state index in [1.54, 1.807) is 18.2 Å². The van der Waals surface area contributed by atoms with Gasteiger partial charge in [0.1, 0.15) is 5.75 Å². The summed E-state index contributed by atoms with van der Waals surface area (Å²) in [7, 11) is 0. The Morgan fingerprint density at radius 3 is 2.81 bits per heavy atom. The normalized spacial score (nSPS) is 10.9. The van der Waals surface area contributed by atoms with E-state index in [1.807, 2.05) is 26.0 Å². The Morgan fingerprint density at radius 2 is 2.12 bits per heavy atom. The third-order valence-corrected chi connectivity index (χ3v) is 3.93. The van der Waals surface area contributed by atoms with Crippen molar-refractivity contribution in [2.45, 2.75) is 19.8 Å². The van der Waals surface area contributed by atoms with Crippen LogP contribution in [0.2, 0.25) is 0 Å². The van der Waals surface area contributed by atoms with Gasteiger partial charge in [-0.3, -0.25) is 14.9 Å². The summed E-state index contributed by atoms with van der Waals surface area (Å²) in [6, 6.07) is 11.6. The summed E-state index contributed by atoms with van der Waals surface area (Å²) in [4.78, 5) is 22.1. The number of hydrazone groups is 1. The molecule has 26 heavy (non-hydrogen) atoms. The molecule has 1 N–H and O–H groups in total. The first-order valence-electron chi connectivity index (χ1n) is 7.85. The largest absolute Gasteiger partial charge is 0.483 e. The van der Waals surface area contributed by atoms with Crippen molar-refractivity contribution < 1.29 is 14.5 Å². The molecule has 136 valence electrons. The zero-order valence-corrected chi connectivity index (χ0v) is 15.9. The van der Waals surface area contributed by atoms with Crippen molar-refractivity contribution in [2.24, 2.45) is 5.10 Å². The maximum Gasteiger partial charge on any atom is 0.277 e. The lowest BCUT2D eigenvalue weighted by Crippen LogP contribution is -2.24. The number of non-ortho nitro benzene ring substituents is 1. The minimum atomic E-state index is -0.492. The summed E-state index contributed by atoms with van der Waals surface area (Å²) in [5.74, 6) is 0.461. The van der Waals surface area contributed by atoms with Crippen molar-refractivity contribution in [1.82, 2.24) is 5.43 Å². The molecule has 0 unspecified atom stereocenters. The third kappa shape index (κ3) is 5.66. The lowest BCUT2D eigenvalue weighted by molar-refractivity contribution is -0.384. The highest BCUT2D eigenvalue weighted by Crippen LogP contribution is 2.29. The predicted molar refractivity (Wildman–Crippen MR) is 103 cm³/mol. The van der Waals surface area contributed by atoms with Crippen LogP contribution in [0.1, 0.15) is 30.9 Å². The Balaban J connectivity index is 1.92. The van der Waals surface area contributed by atoms with Crippen LogP contribution >= 0.6 is 15.9 Å². The lowest BCUT2D eigenvalue weighted by atomic mass is 10.0. The van der Waals surface area contributed by atoms with E-state index in [2.05, 4.69) is 26.5 Å². The molecule has 0 radical (unpaired) electrons. The second-order valence-corrected chi connectivity index (χ2v) is 6.69. The summed E-state index contributed by atoms with van der Waals surface area (Å²) >= 11 is 3.42. The predicted octanol–water partition coefficient (Wildman–Crippen LogP) is 4.01. The summed E-state index contributed by atoms with van der Waals surface area (Å²) in [6.45, 7) is 3.89. The quantitative estimate of drug-likeness (QED) is 0.416. The molecule has 0 aliphatic heterocycles. The van der Waals surface area contributed by atoms with E-state index in [9.17, 15) is 14.9 Å². The van der Waals surface area contributed by atoms with Gasteiger partial charge in [-0.05, 0) is 29.7 Å². The van der Waals surface area contributed by atoms with E-state index >= 15 is 0 Å². The molecule has 0 aliphatic rings. The van der Waals surface area contributed by atoms with E-state index in [4.69, 9.17) is 4.74 Å². The van der Waals surface area contributed by atoms with Gasteiger partial charge in [-0.25, -0.2) is 5.43 Å². The SMILES string of the molecule is CC(C)c1cc(Br)ccc1OCC(=O)N/N=C/c1cccc([N+](=O)[O-])c1. The molecule has 2 aromatic rings. The van der Waals surface area contributed by atoms with E-state index in [0.717, 1.165) is 10.0 Å². The van der Waals surface area contributed by atoms with Crippen molar-refractivity contribution >= 4 is 33.7 Å². The highest BCUT2D eigenvalue weighted by atomic mass is 79.9. The summed E-state index contributed by atoms with van der Waals surface area (Å²) in [5.41, 5.74) is 3.80. The molecule has 0 fully saturated rings. The van der Waals surface area contributed by atoms with Gasteiger partial charge < -0.3 is 4.74 Å². The molecule has 0 bridgehead atoms. The number of hydrogen-bond donors (Lipinski definition) is 1. The van der Waals surface area contributed by atoms with Gasteiger partial charge in [-0.15, -0.1) is 0 Å². The fraction of sp³-hybridized carbons (Fsp3) is 0.222. The van der Waals surface area contributed by atoms with Gasteiger partial charge in [0.05, 0.1) is 11.1 Å². The number of ether oxygens (including phenoxy) is 1. The average Bonchev–Trinajstić information content (AvgIpc) is 2.60. The molecule has 0 aromatic heterocycles. The molecule has 2 aromatic carbocycles. The Bertz CT molecular complexity index is 837. The number of nitrogens with one attached hydrogen (secondary N) is 1. The average molecular weight is 420 g/mol. The number of nitro groups is 1. The van der Waals surface area contributed by atoms with Crippen LogP contribution in [0.4, 0.5) is 5.69 Å². The van der Waals surface area contributed by atoms with Gasteiger partial charge in [-0.1, -0.05) is 41.9 Å². The number of hydrogen-bond acceptors (Lipinski definition) is 5. The van der Waals surface area contributed by atoms with Crippen LogP contribution in [0.5, 0.6) is 5.75 Å².